The predicted octanol–water partition coefficient (Wildman–Crippen LogP) is 5.73. The molecule has 3 aromatic carbocycles. The van der Waals surface area contributed by atoms with Crippen molar-refractivity contribution in [3.8, 4) is 28.5 Å². The molecule has 0 aliphatic heterocycles. The SMILES string of the molecule is COc1ccc(CNc2nc3cc(OC)c(OC)cc3n3c(N)nc(-c4c(C)cccc4Cl)c23)cc1. The Kier molecular flexibility index (Phi) is 6.20. The highest BCUT2D eigenvalue weighted by Gasteiger charge is 2.23. The van der Waals surface area contributed by atoms with Crippen LogP contribution in [0.2, 0.25) is 5.02 Å². The van der Waals surface area contributed by atoms with E-state index in [1.807, 2.05) is 65.9 Å². The highest BCUT2D eigenvalue weighted by molar-refractivity contribution is 6.33. The zero-order valence-electron chi connectivity index (χ0n) is 20.4. The Morgan fingerprint density at radius 3 is 2.33 bits per heavy atom. The van der Waals surface area contributed by atoms with Gasteiger partial charge in [0, 0.05) is 24.2 Å². The van der Waals surface area contributed by atoms with Crippen molar-refractivity contribution >= 4 is 39.9 Å². The van der Waals surface area contributed by atoms with Crippen LogP contribution >= 0.6 is 11.6 Å². The first-order chi connectivity index (χ1) is 17.4. The van der Waals surface area contributed by atoms with E-state index in [1.54, 1.807) is 21.3 Å². The van der Waals surface area contributed by atoms with Gasteiger partial charge in [0.05, 0.1) is 37.4 Å². The highest BCUT2D eigenvalue weighted by Crippen LogP contribution is 2.40. The summed E-state index contributed by atoms with van der Waals surface area (Å²) in [6.07, 6.45) is 0. The van der Waals surface area contributed by atoms with Gasteiger partial charge in [0.2, 0.25) is 5.95 Å². The second kappa shape index (κ2) is 9.47. The molecule has 0 spiro atoms. The van der Waals surface area contributed by atoms with E-state index in [0.717, 1.165) is 33.5 Å². The first-order valence-corrected chi connectivity index (χ1v) is 11.7. The second-order valence-electron chi connectivity index (χ2n) is 8.29. The number of imidazole rings is 1. The van der Waals surface area contributed by atoms with E-state index < -0.39 is 0 Å². The van der Waals surface area contributed by atoms with Crippen LogP contribution in [-0.4, -0.2) is 35.7 Å². The van der Waals surface area contributed by atoms with Crippen LogP contribution in [0.4, 0.5) is 11.8 Å². The van der Waals surface area contributed by atoms with Gasteiger partial charge in [0.25, 0.3) is 0 Å². The monoisotopic (exact) mass is 503 g/mol. The molecule has 5 aromatic rings. The summed E-state index contributed by atoms with van der Waals surface area (Å²) in [5, 5.41) is 4.07. The third-order valence-electron chi connectivity index (χ3n) is 6.16. The van der Waals surface area contributed by atoms with Crippen LogP contribution in [0.25, 0.3) is 27.8 Å². The summed E-state index contributed by atoms with van der Waals surface area (Å²) in [6, 6.07) is 17.3. The van der Waals surface area contributed by atoms with Gasteiger partial charge >= 0.3 is 0 Å². The van der Waals surface area contributed by atoms with Crippen LogP contribution in [0.5, 0.6) is 17.2 Å². The molecule has 5 rings (SSSR count). The number of hydrogen-bond acceptors (Lipinski definition) is 7. The lowest BCUT2D eigenvalue weighted by atomic mass is 10.0. The maximum Gasteiger partial charge on any atom is 0.206 e. The average Bonchev–Trinajstić information content (AvgIpc) is 3.23. The first-order valence-electron chi connectivity index (χ1n) is 11.3. The number of halogens is 1. The Hall–Kier alpha value is -4.17. The zero-order valence-corrected chi connectivity index (χ0v) is 21.2. The van der Waals surface area contributed by atoms with E-state index >= 15 is 0 Å². The summed E-state index contributed by atoms with van der Waals surface area (Å²) in [5.41, 5.74) is 12.1. The summed E-state index contributed by atoms with van der Waals surface area (Å²) in [5.74, 6) is 2.86. The number of nitrogens with two attached hydrogens (primary N) is 1. The molecular weight excluding hydrogens is 478 g/mol. The number of ether oxygens (including phenoxy) is 3. The van der Waals surface area contributed by atoms with Crippen molar-refractivity contribution in [1.82, 2.24) is 14.4 Å². The molecule has 184 valence electrons. The minimum absolute atomic E-state index is 0.312. The maximum absolute atomic E-state index is 6.65. The van der Waals surface area contributed by atoms with Gasteiger partial charge in [-0.3, -0.25) is 4.40 Å². The molecule has 0 atom stereocenters. The van der Waals surface area contributed by atoms with Crippen molar-refractivity contribution in [2.75, 3.05) is 32.4 Å². The molecular formula is C27H26ClN5O3. The van der Waals surface area contributed by atoms with E-state index in [4.69, 9.17) is 41.5 Å². The van der Waals surface area contributed by atoms with E-state index in [2.05, 4.69) is 5.32 Å². The normalized spacial score (nSPS) is 11.1. The molecule has 0 saturated heterocycles. The van der Waals surface area contributed by atoms with Crippen LogP contribution in [0.3, 0.4) is 0 Å². The summed E-state index contributed by atoms with van der Waals surface area (Å²) in [6.45, 7) is 2.52. The molecule has 0 amide bonds. The average molecular weight is 504 g/mol. The van der Waals surface area contributed by atoms with Gasteiger partial charge in [-0.25, -0.2) is 9.97 Å². The van der Waals surface area contributed by atoms with Crippen LogP contribution in [0.15, 0.2) is 54.6 Å². The summed E-state index contributed by atoms with van der Waals surface area (Å²) in [4.78, 5) is 9.72. The molecule has 0 fully saturated rings. The number of rotatable bonds is 7. The largest absolute Gasteiger partial charge is 0.497 e. The molecule has 9 heteroatoms. The number of hydrogen-bond donors (Lipinski definition) is 2. The van der Waals surface area contributed by atoms with Gasteiger partial charge in [0.15, 0.2) is 17.3 Å². The van der Waals surface area contributed by atoms with Gasteiger partial charge in [-0.05, 0) is 36.2 Å². The smallest absolute Gasteiger partial charge is 0.206 e. The molecule has 2 heterocycles. The number of nitrogens with one attached hydrogen (secondary N) is 1. The molecule has 0 aliphatic rings. The van der Waals surface area contributed by atoms with E-state index in [1.165, 1.54) is 0 Å². The Morgan fingerprint density at radius 2 is 1.67 bits per heavy atom. The third kappa shape index (κ3) is 3.99. The summed E-state index contributed by atoms with van der Waals surface area (Å²) < 4.78 is 18.2. The Morgan fingerprint density at radius 1 is 0.944 bits per heavy atom. The van der Waals surface area contributed by atoms with Crippen LogP contribution in [0.1, 0.15) is 11.1 Å². The topological polar surface area (TPSA) is 95.9 Å². The highest BCUT2D eigenvalue weighted by atomic mass is 35.5. The Labute approximate surface area is 213 Å². The molecule has 2 aromatic heterocycles. The van der Waals surface area contributed by atoms with E-state index in [-0.39, 0.29) is 0 Å². The van der Waals surface area contributed by atoms with E-state index in [9.17, 15) is 0 Å². The molecule has 0 radical (unpaired) electrons. The summed E-state index contributed by atoms with van der Waals surface area (Å²) >= 11 is 6.65. The summed E-state index contributed by atoms with van der Waals surface area (Å²) in [7, 11) is 4.83. The van der Waals surface area contributed by atoms with Crippen LogP contribution in [-0.2, 0) is 6.54 Å². The van der Waals surface area contributed by atoms with Crippen molar-refractivity contribution < 1.29 is 14.2 Å². The van der Waals surface area contributed by atoms with Gasteiger partial charge in [0.1, 0.15) is 17.0 Å². The van der Waals surface area contributed by atoms with E-state index in [0.29, 0.717) is 46.0 Å². The molecule has 0 unspecified atom stereocenters. The fourth-order valence-corrected chi connectivity index (χ4v) is 4.67. The third-order valence-corrected chi connectivity index (χ3v) is 6.47. The van der Waals surface area contributed by atoms with Crippen molar-refractivity contribution in [3.05, 3.63) is 70.7 Å². The van der Waals surface area contributed by atoms with Gasteiger partial charge < -0.3 is 25.3 Å². The number of methoxy groups -OCH3 is 3. The number of anilines is 2. The van der Waals surface area contributed by atoms with Gasteiger partial charge in [-0.1, -0.05) is 35.9 Å². The first kappa shape index (κ1) is 23.6. The number of nitrogen functional groups attached to an aromatic ring is 1. The van der Waals surface area contributed by atoms with Gasteiger partial charge in [-0.2, -0.15) is 0 Å². The van der Waals surface area contributed by atoms with Crippen molar-refractivity contribution in [2.24, 2.45) is 0 Å². The van der Waals surface area contributed by atoms with Crippen molar-refractivity contribution in [1.29, 1.82) is 0 Å². The number of fused-ring (bicyclic) bond motifs is 3. The lowest BCUT2D eigenvalue weighted by Gasteiger charge is -2.15. The molecule has 0 saturated carbocycles. The quantitative estimate of drug-likeness (QED) is 0.292. The number of aryl methyl sites for hydroxylation is 1. The molecule has 3 N–H and O–H groups in total. The number of aromatic nitrogens is 3. The fourth-order valence-electron chi connectivity index (χ4n) is 4.36. The Bertz CT molecular complexity index is 1560. The lowest BCUT2D eigenvalue weighted by Crippen LogP contribution is -2.06. The number of benzene rings is 3. The molecule has 0 aliphatic carbocycles. The van der Waals surface area contributed by atoms with Crippen molar-refractivity contribution in [3.63, 3.8) is 0 Å². The number of nitrogens with zero attached hydrogens (tertiary/aromatic N) is 3. The Balaban J connectivity index is 1.76. The fraction of sp³-hybridized carbons (Fsp3) is 0.185. The van der Waals surface area contributed by atoms with Gasteiger partial charge in [-0.15, -0.1) is 0 Å². The van der Waals surface area contributed by atoms with Crippen LogP contribution in [0, 0.1) is 6.92 Å². The molecule has 0 bridgehead atoms. The van der Waals surface area contributed by atoms with Crippen LogP contribution < -0.4 is 25.3 Å². The zero-order chi connectivity index (χ0) is 25.4. The molecule has 8 nitrogen and oxygen atoms in total. The molecule has 36 heavy (non-hydrogen) atoms. The predicted molar refractivity (Wildman–Crippen MR) is 144 cm³/mol. The standard InChI is InChI=1S/C27H26ClN5O3/c1-15-6-5-7-18(28)23(15)24-25-26(30-14-16-8-10-17(34-2)11-9-16)31-19-12-21(35-3)22(36-4)13-20(19)33(25)27(29)32-24/h5-13H,14H2,1-4H3,(H2,29,32)(H,30,31). The lowest BCUT2D eigenvalue weighted by molar-refractivity contribution is 0.355. The minimum atomic E-state index is 0.312. The second-order valence-corrected chi connectivity index (χ2v) is 8.70. The minimum Gasteiger partial charge on any atom is -0.497 e. The van der Waals surface area contributed by atoms with Crippen molar-refractivity contribution in [2.45, 2.75) is 13.5 Å². The maximum atomic E-state index is 6.65.